The summed E-state index contributed by atoms with van der Waals surface area (Å²) >= 11 is 0. The van der Waals surface area contributed by atoms with Gasteiger partial charge in [-0.3, -0.25) is 4.68 Å². The van der Waals surface area contributed by atoms with Gasteiger partial charge in [0, 0.05) is 13.2 Å². The van der Waals surface area contributed by atoms with E-state index in [0.717, 1.165) is 30.8 Å². The predicted molar refractivity (Wildman–Crippen MR) is 66.5 cm³/mol. The predicted octanol–water partition coefficient (Wildman–Crippen LogP) is 2.08. The quantitative estimate of drug-likeness (QED) is 0.825. The number of hydrogen-bond donors (Lipinski definition) is 1. The van der Waals surface area contributed by atoms with E-state index >= 15 is 0 Å². The van der Waals surface area contributed by atoms with Gasteiger partial charge in [-0.2, -0.15) is 5.10 Å². The molecule has 0 saturated heterocycles. The molecular formula is C13H23N3. The Labute approximate surface area is 98.2 Å². The lowest BCUT2D eigenvalue weighted by molar-refractivity contribution is 0.532. The molecule has 2 unspecified atom stereocenters. The number of aromatic nitrogens is 2. The number of nitrogens with zero attached hydrogens (tertiary/aromatic N) is 2. The largest absolute Gasteiger partial charge is 0.316 e. The average molecular weight is 221 g/mol. The van der Waals surface area contributed by atoms with E-state index < -0.39 is 0 Å². The summed E-state index contributed by atoms with van der Waals surface area (Å²) in [5, 5.41) is 7.96. The first kappa shape index (κ1) is 11.6. The van der Waals surface area contributed by atoms with E-state index in [1.807, 2.05) is 11.7 Å². The molecule has 0 aromatic carbocycles. The van der Waals surface area contributed by atoms with Crippen LogP contribution in [0.4, 0.5) is 0 Å². The smallest absolute Gasteiger partial charge is 0.0628 e. The van der Waals surface area contributed by atoms with Crippen LogP contribution in [0.5, 0.6) is 0 Å². The summed E-state index contributed by atoms with van der Waals surface area (Å²) in [5.74, 6) is 2.34. The van der Waals surface area contributed by atoms with Crippen molar-refractivity contribution in [1.29, 1.82) is 0 Å². The summed E-state index contributed by atoms with van der Waals surface area (Å²) in [5.41, 5.74) is 2.66. The van der Waals surface area contributed by atoms with Crippen LogP contribution in [0.15, 0.2) is 6.20 Å². The molecule has 1 fully saturated rings. The fraction of sp³-hybridized carbons (Fsp3) is 0.769. The molecule has 0 aliphatic heterocycles. The Balaban J connectivity index is 1.80. The van der Waals surface area contributed by atoms with Crippen molar-refractivity contribution in [3.8, 4) is 0 Å². The Morgan fingerprint density at radius 1 is 1.56 bits per heavy atom. The number of hydrogen-bond acceptors (Lipinski definition) is 2. The van der Waals surface area contributed by atoms with Gasteiger partial charge >= 0.3 is 0 Å². The van der Waals surface area contributed by atoms with Crippen molar-refractivity contribution in [3.63, 3.8) is 0 Å². The topological polar surface area (TPSA) is 29.9 Å². The lowest BCUT2D eigenvalue weighted by Crippen LogP contribution is -2.22. The van der Waals surface area contributed by atoms with E-state index in [2.05, 4.69) is 37.4 Å². The number of nitrogens with one attached hydrogen (secondary N) is 1. The lowest BCUT2D eigenvalue weighted by Gasteiger charge is -2.06. The molecule has 1 aromatic heterocycles. The van der Waals surface area contributed by atoms with Crippen LogP contribution in [0, 0.1) is 18.8 Å². The summed E-state index contributed by atoms with van der Waals surface area (Å²) in [4.78, 5) is 0. The van der Waals surface area contributed by atoms with Crippen molar-refractivity contribution >= 4 is 0 Å². The van der Waals surface area contributed by atoms with Gasteiger partial charge in [0.25, 0.3) is 0 Å². The molecule has 1 aliphatic rings. The molecule has 1 aliphatic carbocycles. The lowest BCUT2D eigenvalue weighted by atomic mass is 10.1. The fourth-order valence-corrected chi connectivity index (χ4v) is 2.39. The molecule has 0 amide bonds. The van der Waals surface area contributed by atoms with Crippen LogP contribution in [0.25, 0.3) is 0 Å². The van der Waals surface area contributed by atoms with E-state index in [4.69, 9.17) is 0 Å². The molecule has 0 radical (unpaired) electrons. The van der Waals surface area contributed by atoms with Crippen molar-refractivity contribution in [3.05, 3.63) is 17.5 Å². The molecule has 1 heterocycles. The standard InChI is InChI=1S/C13H23N3/c1-9(2)6-14-7-11-5-12(11)13-8-16(4)15-10(13)3/h8-9,11-12,14H,5-7H2,1-4H3. The normalized spacial score (nSPS) is 24.1. The first-order valence-electron chi connectivity index (χ1n) is 6.28. The molecule has 1 N–H and O–H groups in total. The van der Waals surface area contributed by atoms with E-state index in [1.54, 1.807) is 0 Å². The van der Waals surface area contributed by atoms with Gasteiger partial charge in [0.2, 0.25) is 0 Å². The van der Waals surface area contributed by atoms with Crippen molar-refractivity contribution in [2.45, 2.75) is 33.1 Å². The summed E-state index contributed by atoms with van der Waals surface area (Å²) in [6.45, 7) is 8.92. The highest BCUT2D eigenvalue weighted by molar-refractivity contribution is 5.27. The van der Waals surface area contributed by atoms with Crippen molar-refractivity contribution in [2.75, 3.05) is 13.1 Å². The van der Waals surface area contributed by atoms with Crippen molar-refractivity contribution in [2.24, 2.45) is 18.9 Å². The minimum absolute atomic E-state index is 0.748. The Morgan fingerprint density at radius 3 is 2.88 bits per heavy atom. The molecule has 0 bridgehead atoms. The third-order valence-corrected chi connectivity index (χ3v) is 3.33. The van der Waals surface area contributed by atoms with E-state index in [1.165, 1.54) is 17.7 Å². The Kier molecular flexibility index (Phi) is 3.33. The third kappa shape index (κ3) is 2.64. The molecule has 1 saturated carbocycles. The molecule has 16 heavy (non-hydrogen) atoms. The summed E-state index contributed by atoms with van der Waals surface area (Å²) in [7, 11) is 2.00. The maximum Gasteiger partial charge on any atom is 0.0628 e. The molecule has 90 valence electrons. The highest BCUT2D eigenvalue weighted by atomic mass is 15.2. The van der Waals surface area contributed by atoms with Crippen LogP contribution in [-0.2, 0) is 7.05 Å². The van der Waals surface area contributed by atoms with E-state index in [9.17, 15) is 0 Å². The van der Waals surface area contributed by atoms with Gasteiger partial charge < -0.3 is 5.32 Å². The molecular weight excluding hydrogens is 198 g/mol. The summed E-state index contributed by atoms with van der Waals surface area (Å²) in [6.07, 6.45) is 3.51. The van der Waals surface area contributed by atoms with Crippen LogP contribution < -0.4 is 5.32 Å². The van der Waals surface area contributed by atoms with Crippen molar-refractivity contribution in [1.82, 2.24) is 15.1 Å². The van der Waals surface area contributed by atoms with Gasteiger partial charge in [0.15, 0.2) is 0 Å². The second kappa shape index (κ2) is 4.58. The van der Waals surface area contributed by atoms with Crippen LogP contribution >= 0.6 is 0 Å². The van der Waals surface area contributed by atoms with Gasteiger partial charge in [-0.25, -0.2) is 0 Å². The van der Waals surface area contributed by atoms with Gasteiger partial charge in [0.1, 0.15) is 0 Å². The average Bonchev–Trinajstić information content (AvgIpc) is 2.85. The van der Waals surface area contributed by atoms with Crippen LogP contribution in [-0.4, -0.2) is 22.9 Å². The molecule has 3 heteroatoms. The first-order chi connectivity index (χ1) is 7.58. The van der Waals surface area contributed by atoms with Gasteiger partial charge in [-0.05, 0) is 49.8 Å². The Hall–Kier alpha value is -0.830. The SMILES string of the molecule is Cc1nn(C)cc1C1CC1CNCC(C)C. The molecule has 2 atom stereocenters. The zero-order valence-electron chi connectivity index (χ0n) is 10.8. The first-order valence-corrected chi connectivity index (χ1v) is 6.28. The highest BCUT2D eigenvalue weighted by Gasteiger charge is 2.39. The highest BCUT2D eigenvalue weighted by Crippen LogP contribution is 2.47. The van der Waals surface area contributed by atoms with Crippen LogP contribution in [0.1, 0.15) is 37.4 Å². The summed E-state index contributed by atoms with van der Waals surface area (Å²) in [6, 6.07) is 0. The maximum absolute atomic E-state index is 4.41. The Morgan fingerprint density at radius 2 is 2.31 bits per heavy atom. The van der Waals surface area contributed by atoms with Gasteiger partial charge in [0.05, 0.1) is 5.69 Å². The van der Waals surface area contributed by atoms with E-state index in [-0.39, 0.29) is 0 Å². The zero-order valence-corrected chi connectivity index (χ0v) is 10.8. The Bertz CT molecular complexity index is 354. The molecule has 2 rings (SSSR count). The zero-order chi connectivity index (χ0) is 11.7. The van der Waals surface area contributed by atoms with Crippen LogP contribution in [0.2, 0.25) is 0 Å². The minimum atomic E-state index is 0.748. The van der Waals surface area contributed by atoms with Gasteiger partial charge in [-0.15, -0.1) is 0 Å². The van der Waals surface area contributed by atoms with Crippen molar-refractivity contribution < 1.29 is 0 Å². The molecule has 1 aromatic rings. The second-order valence-corrected chi connectivity index (χ2v) is 5.50. The van der Waals surface area contributed by atoms with Gasteiger partial charge in [-0.1, -0.05) is 13.8 Å². The number of aryl methyl sites for hydroxylation is 2. The minimum Gasteiger partial charge on any atom is -0.316 e. The van der Waals surface area contributed by atoms with E-state index in [0.29, 0.717) is 0 Å². The maximum atomic E-state index is 4.41. The van der Waals surface area contributed by atoms with Crippen LogP contribution in [0.3, 0.4) is 0 Å². The fourth-order valence-electron chi connectivity index (χ4n) is 2.39. The monoisotopic (exact) mass is 221 g/mol. The number of rotatable bonds is 5. The molecule has 0 spiro atoms. The second-order valence-electron chi connectivity index (χ2n) is 5.50. The molecule has 3 nitrogen and oxygen atoms in total. The summed E-state index contributed by atoms with van der Waals surface area (Å²) < 4.78 is 1.93. The third-order valence-electron chi connectivity index (χ3n) is 3.33.